The van der Waals surface area contributed by atoms with Crippen LogP contribution in [0, 0.1) is 0 Å². The Balaban J connectivity index is 1.62. The molecule has 1 aliphatic heterocycles. The van der Waals surface area contributed by atoms with Crippen molar-refractivity contribution < 1.29 is 14.3 Å². The van der Waals surface area contributed by atoms with Gasteiger partial charge in [-0.05, 0) is 49.6 Å². The van der Waals surface area contributed by atoms with Crippen molar-refractivity contribution in [1.82, 2.24) is 4.90 Å². The highest BCUT2D eigenvalue weighted by Crippen LogP contribution is 2.43. The molecular formula is C28H25Cl2NO4. The first kappa shape index (κ1) is 23.7. The molecule has 1 fully saturated rings. The summed E-state index contributed by atoms with van der Waals surface area (Å²) >= 11 is 12.4. The molecule has 2 aromatic carbocycles. The van der Waals surface area contributed by atoms with Crippen molar-refractivity contribution in [3.63, 3.8) is 0 Å². The van der Waals surface area contributed by atoms with E-state index in [2.05, 4.69) is 0 Å². The summed E-state index contributed by atoms with van der Waals surface area (Å²) in [7, 11) is 0. The number of halogens is 2. The van der Waals surface area contributed by atoms with Gasteiger partial charge in [0.2, 0.25) is 5.43 Å². The van der Waals surface area contributed by atoms with Crippen molar-refractivity contribution in [2.45, 2.75) is 45.1 Å². The van der Waals surface area contributed by atoms with Crippen molar-refractivity contribution in [3.05, 3.63) is 74.4 Å². The standard InChI is InChI=1S/C28H25Cl2NO4/c1-2-31(18-6-4-3-5-7-18)28(34)17-10-8-16(9-11-17)27-19-12-21(29)23(32)14-25(19)35-26-15-24(33)22(30)13-20(26)27/h8-15,18,32H,2-7H2,1H3. The van der Waals surface area contributed by atoms with Crippen molar-refractivity contribution in [3.8, 4) is 28.2 Å². The Morgan fingerprint density at radius 2 is 1.74 bits per heavy atom. The summed E-state index contributed by atoms with van der Waals surface area (Å²) in [6, 6.07) is 13.7. The van der Waals surface area contributed by atoms with E-state index in [1.54, 1.807) is 12.1 Å². The van der Waals surface area contributed by atoms with E-state index in [0.717, 1.165) is 24.0 Å². The molecule has 5 rings (SSSR count). The summed E-state index contributed by atoms with van der Waals surface area (Å²) in [6.07, 6.45) is 5.68. The Kier molecular flexibility index (Phi) is 6.47. The third-order valence-electron chi connectivity index (χ3n) is 6.88. The summed E-state index contributed by atoms with van der Waals surface area (Å²) < 4.78 is 5.92. The zero-order valence-electron chi connectivity index (χ0n) is 19.3. The van der Waals surface area contributed by atoms with E-state index < -0.39 is 0 Å². The zero-order valence-corrected chi connectivity index (χ0v) is 20.8. The fraction of sp³-hybridized carbons (Fsp3) is 0.286. The highest BCUT2D eigenvalue weighted by molar-refractivity contribution is 6.33. The maximum Gasteiger partial charge on any atom is 0.254 e. The van der Waals surface area contributed by atoms with E-state index >= 15 is 0 Å². The molecule has 2 aliphatic carbocycles. The number of carbonyl (C=O) groups is 1. The van der Waals surface area contributed by atoms with Crippen LogP contribution in [0.15, 0.2) is 57.7 Å². The molecule has 180 valence electrons. The Bertz CT molecular complexity index is 1440. The van der Waals surface area contributed by atoms with Crippen LogP contribution in [0.1, 0.15) is 49.4 Å². The van der Waals surface area contributed by atoms with Crippen LogP contribution in [0.3, 0.4) is 0 Å². The largest absolute Gasteiger partial charge is 0.506 e. The molecule has 0 saturated heterocycles. The van der Waals surface area contributed by atoms with Gasteiger partial charge in [0.15, 0.2) is 0 Å². The third kappa shape index (κ3) is 4.39. The molecule has 3 aliphatic rings. The van der Waals surface area contributed by atoms with Crippen molar-refractivity contribution in [2.75, 3.05) is 6.54 Å². The fourth-order valence-electron chi connectivity index (χ4n) is 5.12. The minimum atomic E-state index is -0.352. The van der Waals surface area contributed by atoms with Crippen LogP contribution in [-0.2, 0) is 0 Å². The summed E-state index contributed by atoms with van der Waals surface area (Å²) in [5, 5.41) is 11.0. The molecule has 1 amide bonds. The van der Waals surface area contributed by atoms with Gasteiger partial charge in [-0.25, -0.2) is 0 Å². The number of nitrogens with zero attached hydrogens (tertiary/aromatic N) is 1. The van der Waals surface area contributed by atoms with Gasteiger partial charge in [-0.2, -0.15) is 0 Å². The highest BCUT2D eigenvalue weighted by Gasteiger charge is 2.25. The first-order valence-corrected chi connectivity index (χ1v) is 12.6. The van der Waals surface area contributed by atoms with Crippen molar-refractivity contribution in [2.24, 2.45) is 0 Å². The quantitative estimate of drug-likeness (QED) is 0.291. The third-order valence-corrected chi connectivity index (χ3v) is 7.48. The van der Waals surface area contributed by atoms with Gasteiger partial charge in [-0.15, -0.1) is 0 Å². The number of phenolic OH excluding ortho intramolecular Hbond substituents is 1. The van der Waals surface area contributed by atoms with E-state index in [9.17, 15) is 14.7 Å². The lowest BCUT2D eigenvalue weighted by Gasteiger charge is -2.33. The number of carbonyl (C=O) groups excluding carboxylic acids is 1. The van der Waals surface area contributed by atoms with Crippen LogP contribution < -0.4 is 5.43 Å². The number of rotatable bonds is 4. The normalized spacial score (nSPS) is 14.5. The van der Waals surface area contributed by atoms with Crippen LogP contribution in [0.5, 0.6) is 5.75 Å². The SMILES string of the molecule is CCN(C(=O)c1ccc(-c2c3cc(Cl)c(=O)cc-3oc3cc(O)c(Cl)cc23)cc1)C1CCCCC1. The number of hydrogen-bond donors (Lipinski definition) is 1. The van der Waals surface area contributed by atoms with Gasteiger partial charge < -0.3 is 14.4 Å². The van der Waals surface area contributed by atoms with Crippen LogP contribution in [-0.4, -0.2) is 28.5 Å². The summed E-state index contributed by atoms with van der Waals surface area (Å²) in [6.45, 7) is 2.71. The molecule has 1 N–H and O–H groups in total. The van der Waals surface area contributed by atoms with E-state index in [4.69, 9.17) is 27.6 Å². The van der Waals surface area contributed by atoms with E-state index in [0.29, 0.717) is 40.4 Å². The van der Waals surface area contributed by atoms with E-state index in [-0.39, 0.29) is 27.1 Å². The summed E-state index contributed by atoms with van der Waals surface area (Å²) in [4.78, 5) is 27.5. The lowest BCUT2D eigenvalue weighted by atomic mass is 9.92. The predicted octanol–water partition coefficient (Wildman–Crippen LogP) is 7.37. The number of amides is 1. The molecule has 0 unspecified atom stereocenters. The van der Waals surface area contributed by atoms with E-state index in [1.807, 2.05) is 36.1 Å². The molecule has 0 atom stereocenters. The maximum absolute atomic E-state index is 13.3. The average molecular weight is 510 g/mol. The van der Waals surface area contributed by atoms with Gasteiger partial charge in [0.25, 0.3) is 5.91 Å². The molecule has 0 radical (unpaired) electrons. The number of aromatic hydroxyl groups is 1. The van der Waals surface area contributed by atoms with Gasteiger partial charge >= 0.3 is 0 Å². The smallest absolute Gasteiger partial charge is 0.254 e. The molecule has 1 saturated carbocycles. The van der Waals surface area contributed by atoms with Gasteiger partial charge in [-0.1, -0.05) is 54.6 Å². The zero-order chi connectivity index (χ0) is 24.7. The Morgan fingerprint density at radius 3 is 2.43 bits per heavy atom. The predicted molar refractivity (Wildman–Crippen MR) is 140 cm³/mol. The summed E-state index contributed by atoms with van der Waals surface area (Å²) in [5.74, 6) is 0.266. The molecule has 2 aromatic rings. The molecule has 5 nitrogen and oxygen atoms in total. The highest BCUT2D eigenvalue weighted by atomic mass is 35.5. The van der Waals surface area contributed by atoms with Crippen LogP contribution in [0.2, 0.25) is 10.0 Å². The molecule has 35 heavy (non-hydrogen) atoms. The van der Waals surface area contributed by atoms with Gasteiger partial charge in [0, 0.05) is 46.8 Å². The van der Waals surface area contributed by atoms with Gasteiger partial charge in [-0.3, -0.25) is 9.59 Å². The maximum atomic E-state index is 13.3. The lowest BCUT2D eigenvalue weighted by molar-refractivity contribution is 0.0648. The van der Waals surface area contributed by atoms with Crippen molar-refractivity contribution in [1.29, 1.82) is 0 Å². The van der Waals surface area contributed by atoms with Gasteiger partial charge in [0.1, 0.15) is 17.1 Å². The molecular weight excluding hydrogens is 485 g/mol. The number of phenols is 1. The lowest BCUT2D eigenvalue weighted by Crippen LogP contribution is -2.41. The first-order valence-electron chi connectivity index (χ1n) is 11.9. The first-order chi connectivity index (χ1) is 16.9. The Hall–Kier alpha value is -3.02. The Labute approximate surface area is 213 Å². The minimum absolute atomic E-state index is 0.0377. The fourth-order valence-corrected chi connectivity index (χ4v) is 5.44. The number of fused-ring (bicyclic) bond motifs is 2. The number of benzene rings is 3. The molecule has 0 bridgehead atoms. The van der Waals surface area contributed by atoms with E-state index in [1.165, 1.54) is 31.4 Å². The minimum Gasteiger partial charge on any atom is -0.506 e. The van der Waals surface area contributed by atoms with Crippen LogP contribution >= 0.6 is 23.2 Å². The van der Waals surface area contributed by atoms with Gasteiger partial charge in [0.05, 0.1) is 10.0 Å². The molecule has 1 heterocycles. The molecule has 0 aromatic heterocycles. The average Bonchev–Trinajstić information content (AvgIpc) is 2.86. The number of hydrogen-bond acceptors (Lipinski definition) is 4. The van der Waals surface area contributed by atoms with Crippen LogP contribution in [0.4, 0.5) is 0 Å². The van der Waals surface area contributed by atoms with Crippen molar-refractivity contribution >= 4 is 40.1 Å². The molecule has 7 heteroatoms. The summed E-state index contributed by atoms with van der Waals surface area (Å²) in [5.41, 5.74) is 2.86. The second-order valence-corrected chi connectivity index (χ2v) is 9.83. The van der Waals surface area contributed by atoms with Crippen LogP contribution in [0.25, 0.3) is 33.4 Å². The monoisotopic (exact) mass is 509 g/mol. The second-order valence-electron chi connectivity index (χ2n) is 9.02. The topological polar surface area (TPSA) is 70.8 Å². The Morgan fingerprint density at radius 1 is 1.03 bits per heavy atom. The second kappa shape index (κ2) is 9.56. The molecule has 0 spiro atoms.